The Morgan fingerprint density at radius 2 is 1.67 bits per heavy atom. The van der Waals surface area contributed by atoms with Gasteiger partial charge < -0.3 is 29.7 Å². The van der Waals surface area contributed by atoms with E-state index in [2.05, 4.69) is 22.8 Å². The lowest BCUT2D eigenvalue weighted by Gasteiger charge is -2.31. The van der Waals surface area contributed by atoms with Crippen molar-refractivity contribution in [3.05, 3.63) is 81.0 Å². The second-order valence-electron chi connectivity index (χ2n) is 10.7. The average molecular weight is 572 g/mol. The molecule has 5 rings (SSSR count). The lowest BCUT2D eigenvalue weighted by molar-refractivity contribution is -0.132. The highest BCUT2D eigenvalue weighted by molar-refractivity contribution is 5.86. The van der Waals surface area contributed by atoms with Gasteiger partial charge in [0.1, 0.15) is 6.04 Å². The van der Waals surface area contributed by atoms with Gasteiger partial charge in [-0.1, -0.05) is 30.3 Å². The summed E-state index contributed by atoms with van der Waals surface area (Å²) in [4.78, 5) is 41.1. The van der Waals surface area contributed by atoms with Crippen molar-refractivity contribution in [3.8, 4) is 28.4 Å². The minimum Gasteiger partial charge on any atom is -0.493 e. The Morgan fingerprint density at radius 3 is 2.36 bits per heavy atom. The number of benzene rings is 2. The summed E-state index contributed by atoms with van der Waals surface area (Å²) in [6.45, 7) is 4.41. The first-order chi connectivity index (χ1) is 20.2. The predicted octanol–water partition coefficient (Wildman–Crippen LogP) is 4.25. The molecule has 9 heteroatoms. The molecule has 9 nitrogen and oxygen atoms in total. The van der Waals surface area contributed by atoms with Crippen molar-refractivity contribution in [1.82, 2.24) is 10.2 Å². The van der Waals surface area contributed by atoms with Crippen molar-refractivity contribution < 1.29 is 23.8 Å². The second kappa shape index (κ2) is 12.1. The van der Waals surface area contributed by atoms with Gasteiger partial charge in [0.25, 0.3) is 0 Å². The molecular formula is C33H37N3O6. The highest BCUT2D eigenvalue weighted by Crippen LogP contribution is 2.50. The van der Waals surface area contributed by atoms with Gasteiger partial charge in [-0.3, -0.25) is 14.4 Å². The molecule has 1 aliphatic carbocycles. The van der Waals surface area contributed by atoms with E-state index in [4.69, 9.17) is 14.2 Å². The number of ether oxygens (including phenoxy) is 3. The van der Waals surface area contributed by atoms with E-state index in [-0.39, 0.29) is 17.2 Å². The summed E-state index contributed by atoms with van der Waals surface area (Å²) in [7, 11) is 4.68. The van der Waals surface area contributed by atoms with E-state index in [1.807, 2.05) is 29.2 Å². The molecule has 1 heterocycles. The molecule has 2 aliphatic rings. The number of hydrogen-bond donors (Lipinski definition) is 2. The first-order valence-electron chi connectivity index (χ1n) is 14.1. The number of methoxy groups -OCH3 is 3. The molecule has 0 saturated carbocycles. The van der Waals surface area contributed by atoms with E-state index in [9.17, 15) is 14.4 Å². The van der Waals surface area contributed by atoms with Gasteiger partial charge in [0.15, 0.2) is 11.5 Å². The highest BCUT2D eigenvalue weighted by Gasteiger charge is 2.30. The van der Waals surface area contributed by atoms with Crippen molar-refractivity contribution in [2.75, 3.05) is 33.2 Å². The van der Waals surface area contributed by atoms with Crippen molar-refractivity contribution in [2.45, 2.75) is 51.7 Å². The maximum Gasteiger partial charge on any atom is 0.245 e. The number of fused-ring (bicyclic) bond motifs is 4. The fourth-order valence-corrected chi connectivity index (χ4v) is 6.08. The van der Waals surface area contributed by atoms with Crippen LogP contribution in [-0.4, -0.2) is 50.6 Å². The monoisotopic (exact) mass is 571 g/mol. The number of nitrogens with zero attached hydrogens (tertiary/aromatic N) is 1. The van der Waals surface area contributed by atoms with E-state index in [1.54, 1.807) is 40.4 Å². The van der Waals surface area contributed by atoms with Crippen LogP contribution in [0, 0.1) is 0 Å². The highest BCUT2D eigenvalue weighted by atomic mass is 16.5. The van der Waals surface area contributed by atoms with Gasteiger partial charge in [0, 0.05) is 25.6 Å². The molecule has 0 unspecified atom stereocenters. The van der Waals surface area contributed by atoms with E-state index < -0.39 is 12.1 Å². The van der Waals surface area contributed by atoms with Crippen LogP contribution in [0.4, 0.5) is 5.69 Å². The lowest BCUT2D eigenvalue weighted by Crippen LogP contribution is -2.44. The topological polar surface area (TPSA) is 106 Å². The number of carbonyl (C=O) groups excluding carboxylic acids is 2. The number of rotatable bonds is 7. The molecule has 2 amide bonds. The van der Waals surface area contributed by atoms with Crippen LogP contribution in [0.5, 0.6) is 17.2 Å². The molecular weight excluding hydrogens is 534 g/mol. The molecule has 220 valence electrons. The van der Waals surface area contributed by atoms with Crippen molar-refractivity contribution in [1.29, 1.82) is 0 Å². The normalized spacial score (nSPS) is 16.1. The smallest absolute Gasteiger partial charge is 0.245 e. The van der Waals surface area contributed by atoms with E-state index in [0.717, 1.165) is 28.7 Å². The lowest BCUT2D eigenvalue weighted by atomic mass is 9.95. The summed E-state index contributed by atoms with van der Waals surface area (Å²) in [6.07, 6.45) is 1.98. The molecule has 2 atom stereocenters. The molecule has 0 radical (unpaired) electrons. The summed E-state index contributed by atoms with van der Waals surface area (Å²) in [5.41, 5.74) is 5.54. The third kappa shape index (κ3) is 5.51. The van der Waals surface area contributed by atoms with Crippen LogP contribution in [0.15, 0.2) is 53.3 Å². The molecule has 0 aromatic heterocycles. The summed E-state index contributed by atoms with van der Waals surface area (Å²) < 4.78 is 17.1. The molecule has 42 heavy (non-hydrogen) atoms. The van der Waals surface area contributed by atoms with Crippen molar-refractivity contribution in [3.63, 3.8) is 0 Å². The van der Waals surface area contributed by atoms with Gasteiger partial charge in [-0.2, -0.15) is 0 Å². The van der Waals surface area contributed by atoms with Gasteiger partial charge in [-0.05, 0) is 72.2 Å². The van der Waals surface area contributed by atoms with E-state index in [0.29, 0.717) is 54.4 Å². The van der Waals surface area contributed by atoms with E-state index >= 15 is 0 Å². The minimum atomic E-state index is -0.623. The molecule has 3 aromatic rings. The van der Waals surface area contributed by atoms with Crippen LogP contribution in [0.2, 0.25) is 0 Å². The number of anilines is 1. The quantitative estimate of drug-likeness (QED) is 0.437. The van der Waals surface area contributed by atoms with Crippen LogP contribution >= 0.6 is 0 Å². The fraction of sp³-hybridized carbons (Fsp3) is 0.364. The molecule has 0 spiro atoms. The Morgan fingerprint density at radius 1 is 0.929 bits per heavy atom. The molecule has 0 fully saturated rings. The van der Waals surface area contributed by atoms with Crippen LogP contribution in [0.25, 0.3) is 11.1 Å². The molecule has 0 saturated heterocycles. The molecule has 1 aliphatic heterocycles. The van der Waals surface area contributed by atoms with E-state index in [1.165, 1.54) is 12.5 Å². The summed E-state index contributed by atoms with van der Waals surface area (Å²) in [6, 6.07) is 14.1. The molecule has 2 N–H and O–H groups in total. The first kappa shape index (κ1) is 29.0. The summed E-state index contributed by atoms with van der Waals surface area (Å²) in [5.74, 6) is 1.19. The second-order valence-corrected chi connectivity index (χ2v) is 10.7. The predicted molar refractivity (Wildman–Crippen MR) is 161 cm³/mol. The fourth-order valence-electron chi connectivity index (χ4n) is 6.08. The Labute approximate surface area is 245 Å². The van der Waals surface area contributed by atoms with Gasteiger partial charge in [0.2, 0.25) is 23.0 Å². The Bertz CT molecular complexity index is 1590. The average Bonchev–Trinajstić information content (AvgIpc) is 3.23. The van der Waals surface area contributed by atoms with Gasteiger partial charge >= 0.3 is 0 Å². The largest absolute Gasteiger partial charge is 0.493 e. The third-order valence-corrected chi connectivity index (χ3v) is 8.10. The zero-order chi connectivity index (χ0) is 30.0. The maximum absolute atomic E-state index is 13.6. The number of nitrogens with one attached hydrogen (secondary N) is 2. The molecule has 3 aromatic carbocycles. The van der Waals surface area contributed by atoms with Crippen LogP contribution < -0.4 is 30.3 Å². The van der Waals surface area contributed by atoms with Gasteiger partial charge in [0.05, 0.1) is 33.1 Å². The first-order valence-corrected chi connectivity index (χ1v) is 14.1. The van der Waals surface area contributed by atoms with Crippen molar-refractivity contribution in [2.24, 2.45) is 0 Å². The number of hydrogen-bond acceptors (Lipinski definition) is 7. The van der Waals surface area contributed by atoms with Crippen molar-refractivity contribution >= 4 is 17.5 Å². The maximum atomic E-state index is 13.6. The van der Waals surface area contributed by atoms with Gasteiger partial charge in [-0.15, -0.1) is 0 Å². The van der Waals surface area contributed by atoms with Gasteiger partial charge in [-0.25, -0.2) is 0 Å². The van der Waals surface area contributed by atoms with Crippen LogP contribution in [0.3, 0.4) is 0 Å². The zero-order valence-corrected chi connectivity index (χ0v) is 24.7. The minimum absolute atomic E-state index is 0.0723. The SMILES string of the molecule is COc1cc2c(c(OC)c1OC)-c1ccc(N[C@H](C)C(=O)N3CCc4ccccc4C3)c(=O)cc1[C@H](NC(C)=O)CC2. The van der Waals surface area contributed by atoms with Crippen LogP contribution in [-0.2, 0) is 29.0 Å². The Hall–Kier alpha value is -4.53. The Kier molecular flexibility index (Phi) is 8.38. The number of amides is 2. The summed E-state index contributed by atoms with van der Waals surface area (Å²) in [5, 5.41) is 6.19. The third-order valence-electron chi connectivity index (χ3n) is 8.10. The standard InChI is InChI=1S/C33H37N3O6/c1-19(33(39)36-15-14-21-8-6-7-9-23(21)18-36)34-27-13-11-24-25(17-28(27)38)26(35-20(2)37)12-10-22-16-29(40-3)31(41-4)32(42-5)30(22)24/h6-9,11,13,16-17,19,26H,10,12,14-15,18H2,1-5H3,(H,34,38)(H,35,37)/t19-,26-/m1/s1. The molecule has 0 bridgehead atoms. The Balaban J connectivity index is 1.55. The number of aryl methyl sites for hydroxylation is 1. The van der Waals surface area contributed by atoms with Crippen LogP contribution in [0.1, 0.15) is 48.6 Å². The zero-order valence-electron chi connectivity index (χ0n) is 24.7. The summed E-state index contributed by atoms with van der Waals surface area (Å²) >= 11 is 0. The number of carbonyl (C=O) groups is 2.